The monoisotopic (exact) mass is 304 g/mol. The van der Waals surface area contributed by atoms with Crippen molar-refractivity contribution in [3.05, 3.63) is 63.6 Å². The molecule has 104 valence electrons. The molecule has 0 aromatic heterocycles. The van der Waals surface area contributed by atoms with Gasteiger partial charge in [0.1, 0.15) is 0 Å². The molecule has 0 bridgehead atoms. The summed E-state index contributed by atoms with van der Waals surface area (Å²) in [7, 11) is 1.50. The average molecular weight is 304 g/mol. The van der Waals surface area contributed by atoms with Crippen LogP contribution < -0.4 is 10.2 Å². The van der Waals surface area contributed by atoms with E-state index in [0.29, 0.717) is 4.22 Å². The second kappa shape index (κ2) is 8.99. The van der Waals surface area contributed by atoms with Crippen molar-refractivity contribution in [2.24, 2.45) is 0 Å². The molecule has 0 radical (unpaired) electrons. The molecule has 1 aromatic carbocycles. The first-order valence-corrected chi connectivity index (χ1v) is 9.28. The first-order chi connectivity index (χ1) is 9.86. The van der Waals surface area contributed by atoms with Gasteiger partial charge in [-0.3, -0.25) is 0 Å². The molecule has 2 nitrogen and oxygen atoms in total. The fourth-order valence-corrected chi connectivity index (χ4v) is 5.65. The van der Waals surface area contributed by atoms with Crippen molar-refractivity contribution in [3.8, 4) is 0 Å². The van der Waals surface area contributed by atoms with Gasteiger partial charge in [0.15, 0.2) is 0 Å². The number of hydrogen-bond acceptors (Lipinski definition) is 2. The molecule has 0 saturated heterocycles. The zero-order chi connectivity index (χ0) is 15.0. The fourth-order valence-electron chi connectivity index (χ4n) is 2.44. The number of benzene rings is 1. The Morgan fingerprint density at radius 3 is 2.50 bits per heavy atom. The summed E-state index contributed by atoms with van der Waals surface area (Å²) in [6.07, 6.45) is 12.5. The number of hydrogen-bond donors (Lipinski definition) is 0. The Morgan fingerprint density at radius 1 is 1.15 bits per heavy atom. The number of allylic oxidation sites excluding steroid dienone is 5. The summed E-state index contributed by atoms with van der Waals surface area (Å²) in [5.74, 6) is 0. The predicted molar refractivity (Wildman–Crippen MR) is 79.0 cm³/mol. The summed E-state index contributed by atoms with van der Waals surface area (Å²) in [6.45, 7) is 0. The van der Waals surface area contributed by atoms with Crippen molar-refractivity contribution in [2.45, 2.75) is 10.6 Å². The third-order valence-electron chi connectivity index (χ3n) is 3.36. The van der Waals surface area contributed by atoms with Gasteiger partial charge in [-0.2, -0.15) is 14.2 Å². The Hall–Kier alpha value is -1.06. The molecule has 1 aromatic rings. The second-order valence-electron chi connectivity index (χ2n) is 4.32. The van der Waals surface area contributed by atoms with Crippen LogP contribution in [0.3, 0.4) is 0 Å². The maximum absolute atomic E-state index is 8.25. The van der Waals surface area contributed by atoms with Crippen LogP contribution in [0.1, 0.15) is 21.8 Å². The molecule has 0 heterocycles. The normalized spacial score (nSPS) is 16.9. The molecular formula is C17H20O2Ti. The standard InChI is InChI=1S/C9H7.C5H5.2CH3O.CH2.Ti/c1-2-5-9-7-3-6-8(9)4-1;1-2-4-5-3-1;2*1-2;;/h1-7H;1-3H,4H2;2*1H3;1H2;/q;;2*-1;;+2. The molecule has 2 aliphatic rings. The molecule has 1 atom stereocenters. The van der Waals surface area contributed by atoms with Gasteiger partial charge < -0.3 is 10.2 Å². The van der Waals surface area contributed by atoms with E-state index in [4.69, 9.17) is 10.2 Å². The minimum absolute atomic E-state index is 0.627. The minimum atomic E-state index is -1.37. The first-order valence-electron chi connectivity index (χ1n) is 6.50. The van der Waals surface area contributed by atoms with Crippen molar-refractivity contribution in [2.75, 3.05) is 14.2 Å². The molecule has 3 heteroatoms. The van der Waals surface area contributed by atoms with E-state index in [-0.39, 0.29) is 0 Å². The van der Waals surface area contributed by atoms with Gasteiger partial charge in [-0.05, 0) is 0 Å². The summed E-state index contributed by atoms with van der Waals surface area (Å²) < 4.78 is 2.24. The van der Waals surface area contributed by atoms with Crippen molar-refractivity contribution >= 4 is 10.9 Å². The van der Waals surface area contributed by atoms with Gasteiger partial charge in [-0.1, -0.05) is 0 Å². The summed E-state index contributed by atoms with van der Waals surface area (Å²) in [4.78, 5) is 4.51. The van der Waals surface area contributed by atoms with E-state index in [1.807, 2.05) is 0 Å². The molecule has 3 rings (SSSR count). The van der Waals surface area contributed by atoms with Crippen molar-refractivity contribution in [1.29, 1.82) is 0 Å². The van der Waals surface area contributed by atoms with Gasteiger partial charge >= 0.3 is 103 Å². The van der Waals surface area contributed by atoms with Crippen molar-refractivity contribution < 1.29 is 27.6 Å². The molecule has 0 amide bonds. The van der Waals surface area contributed by atoms with Gasteiger partial charge in [0.05, 0.1) is 0 Å². The Labute approximate surface area is 127 Å². The van der Waals surface area contributed by atoms with E-state index in [1.54, 1.807) is 3.88 Å². The summed E-state index contributed by atoms with van der Waals surface area (Å²) in [6, 6.07) is 8.73. The van der Waals surface area contributed by atoms with Crippen LogP contribution in [0.25, 0.3) is 6.08 Å². The van der Waals surface area contributed by atoms with E-state index in [1.165, 1.54) is 11.1 Å². The quantitative estimate of drug-likeness (QED) is 0.779. The average Bonchev–Trinajstić information content (AvgIpc) is 3.20. The Balaban J connectivity index is 0.000000461. The SMILES string of the molecule is C[O-].C[O-].[CH2]=[Ti+2]([C]1=CC=CC1)[CH]1C=Cc2ccccc21. The predicted octanol–water partition coefficient (Wildman–Crippen LogP) is 1.60. The van der Waals surface area contributed by atoms with Crippen LogP contribution in [0.2, 0.25) is 0 Å². The second-order valence-corrected chi connectivity index (χ2v) is 7.93. The van der Waals surface area contributed by atoms with Gasteiger partial charge in [0.2, 0.25) is 0 Å². The van der Waals surface area contributed by atoms with Gasteiger partial charge in [-0.25, -0.2) is 0 Å². The third-order valence-corrected chi connectivity index (χ3v) is 7.18. The van der Waals surface area contributed by atoms with Crippen LogP contribution in [0, 0.1) is 0 Å². The summed E-state index contributed by atoms with van der Waals surface area (Å²) >= 11 is -1.37. The summed E-state index contributed by atoms with van der Waals surface area (Å²) in [5, 5.41) is 16.5. The number of fused-ring (bicyclic) bond motifs is 1. The molecule has 20 heavy (non-hydrogen) atoms. The van der Waals surface area contributed by atoms with Crippen molar-refractivity contribution in [3.63, 3.8) is 0 Å². The van der Waals surface area contributed by atoms with Crippen molar-refractivity contribution in [1.82, 2.24) is 0 Å². The number of rotatable bonds is 2. The van der Waals surface area contributed by atoms with E-state index in [0.717, 1.165) is 20.6 Å². The van der Waals surface area contributed by atoms with Crippen LogP contribution in [0.4, 0.5) is 0 Å². The molecule has 0 aliphatic heterocycles. The third kappa shape index (κ3) is 3.74. The molecule has 0 fully saturated rings. The molecule has 0 spiro atoms. The fraction of sp³-hybridized carbons (Fsp3) is 0.235. The molecule has 0 N–H and O–H groups in total. The van der Waals surface area contributed by atoms with E-state index in [2.05, 4.69) is 59.5 Å². The van der Waals surface area contributed by atoms with Crippen LogP contribution >= 0.6 is 0 Å². The van der Waals surface area contributed by atoms with Crippen LogP contribution in [-0.2, 0) is 17.4 Å². The zero-order valence-electron chi connectivity index (χ0n) is 12.0. The van der Waals surface area contributed by atoms with Crippen LogP contribution in [0.5, 0.6) is 0 Å². The van der Waals surface area contributed by atoms with E-state index < -0.39 is 17.4 Å². The summed E-state index contributed by atoms with van der Waals surface area (Å²) in [5.41, 5.74) is 2.90. The molecule has 2 aliphatic carbocycles. The topological polar surface area (TPSA) is 46.1 Å². The van der Waals surface area contributed by atoms with E-state index >= 15 is 0 Å². The molecule has 0 saturated carbocycles. The molecule has 1 unspecified atom stereocenters. The van der Waals surface area contributed by atoms with Crippen LogP contribution in [0.15, 0.2) is 52.4 Å². The Bertz CT molecular complexity index is 542. The molecular weight excluding hydrogens is 284 g/mol. The Morgan fingerprint density at radius 2 is 1.85 bits per heavy atom. The van der Waals surface area contributed by atoms with Crippen LogP contribution in [-0.4, -0.2) is 19.0 Å². The van der Waals surface area contributed by atoms with Gasteiger partial charge in [0, 0.05) is 0 Å². The first kappa shape index (κ1) is 17.0. The van der Waals surface area contributed by atoms with E-state index in [9.17, 15) is 0 Å². The van der Waals surface area contributed by atoms with Gasteiger partial charge in [0.25, 0.3) is 0 Å². The zero-order valence-corrected chi connectivity index (χ0v) is 13.6. The maximum atomic E-state index is 8.25. The Kier molecular flexibility index (Phi) is 7.64. The van der Waals surface area contributed by atoms with Gasteiger partial charge in [-0.15, -0.1) is 0 Å².